The molecule has 0 aromatic rings. The molecule has 3 radical (unpaired) electrons. The summed E-state index contributed by atoms with van der Waals surface area (Å²) in [4.78, 5) is 0. The first-order valence-electron chi connectivity index (χ1n) is 2.26. The Kier molecular flexibility index (Phi) is 1.27. The molecule has 6 heavy (non-hydrogen) atoms. The molecule has 1 fully saturated rings. The molecule has 0 aliphatic heterocycles. The van der Waals surface area contributed by atoms with Crippen molar-refractivity contribution in [1.29, 1.82) is 0 Å². The molecule has 1 saturated carbocycles. The standard InChI is InChI=1S/C4H7OSi/c6-5-4-2-1-3-4/h4H,1-3H2. The van der Waals surface area contributed by atoms with Gasteiger partial charge in [-0.25, -0.2) is 0 Å². The third kappa shape index (κ3) is 0.630. The monoisotopic (exact) mass is 99.0 g/mol. The molecule has 1 nitrogen and oxygen atoms in total. The third-order valence-corrected chi connectivity index (χ3v) is 1.55. The van der Waals surface area contributed by atoms with Crippen molar-refractivity contribution < 1.29 is 4.43 Å². The van der Waals surface area contributed by atoms with Gasteiger partial charge in [0, 0.05) is 6.10 Å². The van der Waals surface area contributed by atoms with Gasteiger partial charge in [0.05, 0.1) is 0 Å². The van der Waals surface area contributed by atoms with Crippen LogP contribution in [0.15, 0.2) is 0 Å². The van der Waals surface area contributed by atoms with Gasteiger partial charge in [0.2, 0.25) is 10.5 Å². The van der Waals surface area contributed by atoms with Crippen molar-refractivity contribution in [1.82, 2.24) is 0 Å². The minimum atomic E-state index is 0.529. The maximum atomic E-state index is 4.79. The summed E-state index contributed by atoms with van der Waals surface area (Å²) in [5, 5.41) is 0. The van der Waals surface area contributed by atoms with Gasteiger partial charge >= 0.3 is 0 Å². The summed E-state index contributed by atoms with van der Waals surface area (Å²) < 4.78 is 4.79. The Hall–Kier alpha value is 0.177. The summed E-state index contributed by atoms with van der Waals surface area (Å²) in [7, 11) is 2.97. The first-order chi connectivity index (χ1) is 2.93. The van der Waals surface area contributed by atoms with Crippen LogP contribution in [0.25, 0.3) is 0 Å². The molecular formula is C4H7OSi. The SMILES string of the molecule is [Si]OC1CCC1. The van der Waals surface area contributed by atoms with Crippen LogP contribution in [0, 0.1) is 0 Å². The van der Waals surface area contributed by atoms with Crippen LogP contribution < -0.4 is 0 Å². The highest BCUT2D eigenvalue weighted by molar-refractivity contribution is 5.98. The summed E-state index contributed by atoms with van der Waals surface area (Å²) in [5.41, 5.74) is 0. The summed E-state index contributed by atoms with van der Waals surface area (Å²) in [5.74, 6) is 0. The third-order valence-electron chi connectivity index (χ3n) is 1.22. The van der Waals surface area contributed by atoms with Crippen molar-refractivity contribution in [2.24, 2.45) is 0 Å². The topological polar surface area (TPSA) is 9.23 Å². The minimum absolute atomic E-state index is 0.529. The Morgan fingerprint density at radius 1 is 1.50 bits per heavy atom. The number of rotatable bonds is 1. The average Bonchev–Trinajstić information content (AvgIpc) is 1.31. The van der Waals surface area contributed by atoms with Crippen LogP contribution in [-0.2, 0) is 4.43 Å². The molecule has 0 aromatic heterocycles. The van der Waals surface area contributed by atoms with E-state index in [1.165, 1.54) is 19.3 Å². The van der Waals surface area contributed by atoms with Crippen LogP contribution >= 0.6 is 0 Å². The molecule has 0 atom stereocenters. The van der Waals surface area contributed by atoms with Crippen molar-refractivity contribution in [3.05, 3.63) is 0 Å². The van der Waals surface area contributed by atoms with Gasteiger partial charge in [-0.05, 0) is 19.3 Å². The molecule has 0 saturated heterocycles. The van der Waals surface area contributed by atoms with E-state index in [4.69, 9.17) is 4.43 Å². The normalized spacial score (nSPS) is 23.5. The van der Waals surface area contributed by atoms with Crippen molar-refractivity contribution >= 4 is 10.5 Å². The maximum absolute atomic E-state index is 4.79. The van der Waals surface area contributed by atoms with E-state index in [1.54, 1.807) is 0 Å². The molecule has 0 amide bonds. The molecular weight excluding hydrogens is 92.1 g/mol. The zero-order chi connectivity index (χ0) is 4.41. The first kappa shape index (κ1) is 4.34. The van der Waals surface area contributed by atoms with E-state index in [0.717, 1.165) is 0 Å². The zero-order valence-electron chi connectivity index (χ0n) is 3.61. The van der Waals surface area contributed by atoms with E-state index < -0.39 is 0 Å². The summed E-state index contributed by atoms with van der Waals surface area (Å²) in [6.07, 6.45) is 4.35. The molecule has 1 rings (SSSR count). The quantitative estimate of drug-likeness (QED) is 0.438. The molecule has 33 valence electrons. The van der Waals surface area contributed by atoms with Crippen LogP contribution in [0.1, 0.15) is 19.3 Å². The Balaban J connectivity index is 2.01. The van der Waals surface area contributed by atoms with Gasteiger partial charge in [-0.1, -0.05) is 0 Å². The van der Waals surface area contributed by atoms with Gasteiger partial charge in [0.15, 0.2) is 0 Å². The second kappa shape index (κ2) is 1.75. The predicted octanol–water partition coefficient (Wildman–Crippen LogP) is 0.639. The predicted molar refractivity (Wildman–Crippen MR) is 24.5 cm³/mol. The van der Waals surface area contributed by atoms with Gasteiger partial charge in [0.1, 0.15) is 0 Å². The number of hydrogen-bond acceptors (Lipinski definition) is 1. The largest absolute Gasteiger partial charge is 0.416 e. The van der Waals surface area contributed by atoms with Crippen molar-refractivity contribution in [3.8, 4) is 0 Å². The molecule has 0 heterocycles. The van der Waals surface area contributed by atoms with E-state index in [0.29, 0.717) is 6.10 Å². The van der Waals surface area contributed by atoms with Crippen LogP contribution in [-0.4, -0.2) is 16.6 Å². The average molecular weight is 99.2 g/mol. The lowest BCUT2D eigenvalue weighted by Gasteiger charge is -2.23. The molecule has 0 spiro atoms. The second-order valence-corrected chi connectivity index (χ2v) is 1.91. The molecule has 0 N–H and O–H groups in total. The van der Waals surface area contributed by atoms with Crippen LogP contribution in [0.2, 0.25) is 0 Å². The fourth-order valence-electron chi connectivity index (χ4n) is 0.489. The minimum Gasteiger partial charge on any atom is -0.416 e. The Bertz CT molecular complexity index is 40.1. The van der Waals surface area contributed by atoms with Gasteiger partial charge in [-0.3, -0.25) is 0 Å². The Morgan fingerprint density at radius 2 is 2.17 bits per heavy atom. The maximum Gasteiger partial charge on any atom is 0.246 e. The molecule has 1 aliphatic carbocycles. The van der Waals surface area contributed by atoms with Crippen LogP contribution in [0.4, 0.5) is 0 Å². The second-order valence-electron chi connectivity index (χ2n) is 1.67. The lowest BCUT2D eigenvalue weighted by molar-refractivity contribution is 0.133. The van der Waals surface area contributed by atoms with Crippen LogP contribution in [0.3, 0.4) is 0 Å². The lowest BCUT2D eigenvalue weighted by Crippen LogP contribution is -2.19. The molecule has 0 unspecified atom stereocenters. The highest BCUT2D eigenvalue weighted by Crippen LogP contribution is 2.20. The van der Waals surface area contributed by atoms with E-state index in [2.05, 4.69) is 10.5 Å². The van der Waals surface area contributed by atoms with Gasteiger partial charge in [-0.15, -0.1) is 0 Å². The smallest absolute Gasteiger partial charge is 0.246 e. The highest BCUT2D eigenvalue weighted by Gasteiger charge is 2.14. The Morgan fingerprint density at radius 3 is 2.17 bits per heavy atom. The zero-order valence-corrected chi connectivity index (χ0v) is 4.61. The van der Waals surface area contributed by atoms with Crippen molar-refractivity contribution in [2.75, 3.05) is 0 Å². The molecule has 2 heteroatoms. The van der Waals surface area contributed by atoms with E-state index in [-0.39, 0.29) is 0 Å². The highest BCUT2D eigenvalue weighted by atomic mass is 28.2. The van der Waals surface area contributed by atoms with E-state index >= 15 is 0 Å². The van der Waals surface area contributed by atoms with Gasteiger partial charge in [0.25, 0.3) is 0 Å². The molecule has 0 bridgehead atoms. The molecule has 0 aromatic carbocycles. The van der Waals surface area contributed by atoms with E-state index in [9.17, 15) is 0 Å². The fraction of sp³-hybridized carbons (Fsp3) is 1.00. The molecule has 1 aliphatic rings. The fourth-order valence-corrected chi connectivity index (χ4v) is 0.724. The van der Waals surface area contributed by atoms with E-state index in [1.807, 2.05) is 0 Å². The number of hydrogen-bond donors (Lipinski definition) is 0. The summed E-state index contributed by atoms with van der Waals surface area (Å²) >= 11 is 0. The lowest BCUT2D eigenvalue weighted by atomic mass is 9.97. The van der Waals surface area contributed by atoms with Crippen molar-refractivity contribution in [3.63, 3.8) is 0 Å². The van der Waals surface area contributed by atoms with Crippen LogP contribution in [0.5, 0.6) is 0 Å². The van der Waals surface area contributed by atoms with Crippen molar-refractivity contribution in [2.45, 2.75) is 25.4 Å². The van der Waals surface area contributed by atoms with Gasteiger partial charge in [-0.2, -0.15) is 0 Å². The summed E-state index contributed by atoms with van der Waals surface area (Å²) in [6, 6.07) is 0. The summed E-state index contributed by atoms with van der Waals surface area (Å²) in [6.45, 7) is 0. The Labute approximate surface area is 41.2 Å². The van der Waals surface area contributed by atoms with Gasteiger partial charge < -0.3 is 4.43 Å². The first-order valence-corrected chi connectivity index (χ1v) is 2.66.